The topological polar surface area (TPSA) is 66.0 Å². The van der Waals surface area contributed by atoms with Crippen molar-refractivity contribution in [2.24, 2.45) is 11.8 Å². The zero-order valence-corrected chi connectivity index (χ0v) is 17.8. The summed E-state index contributed by atoms with van der Waals surface area (Å²) < 4.78 is 0. The fourth-order valence-electron chi connectivity index (χ4n) is 4.64. The van der Waals surface area contributed by atoms with Gasteiger partial charge in [0.25, 0.3) is 0 Å². The molecule has 2 fully saturated rings. The fourth-order valence-corrected chi connectivity index (χ4v) is 4.64. The molecule has 5 rings (SSSR count). The second kappa shape index (κ2) is 9.16. The molecule has 1 amide bonds. The largest absolute Gasteiger partial charge is 0.326 e. The summed E-state index contributed by atoms with van der Waals surface area (Å²) in [6.07, 6.45) is 7.08. The number of hydrogen-bond donors (Lipinski definition) is 3. The van der Waals surface area contributed by atoms with Gasteiger partial charge in [0.05, 0.1) is 0 Å². The highest BCUT2D eigenvalue weighted by molar-refractivity contribution is 5.97. The lowest BCUT2D eigenvalue weighted by Crippen LogP contribution is -2.33. The van der Waals surface area contributed by atoms with Crippen molar-refractivity contribution in [2.45, 2.75) is 31.7 Å². The van der Waals surface area contributed by atoms with Gasteiger partial charge >= 0.3 is 0 Å². The number of amides is 1. The van der Waals surface area contributed by atoms with E-state index in [0.29, 0.717) is 5.92 Å². The first-order chi connectivity index (χ1) is 15.3. The van der Waals surface area contributed by atoms with Gasteiger partial charge in [0.2, 0.25) is 5.91 Å². The third kappa shape index (κ3) is 4.94. The van der Waals surface area contributed by atoms with Crippen molar-refractivity contribution in [1.82, 2.24) is 15.6 Å². The standard InChI is InChI=1S/C26H30N4O/c31-26(30-23-6-5-22-17-28-12-9-21(22)13-23)25-14-24(25)20-3-1-18(2-4-20)15-29-16-19-7-10-27-11-8-19/h1-6,9,12-13,17,19,24-25,27,29H,7-8,10-11,14-16H2,(H,30,31). The maximum absolute atomic E-state index is 12.7. The third-order valence-electron chi connectivity index (χ3n) is 6.66. The van der Waals surface area contributed by atoms with E-state index in [1.165, 1.54) is 24.0 Å². The van der Waals surface area contributed by atoms with E-state index in [1.807, 2.05) is 30.5 Å². The quantitative estimate of drug-likeness (QED) is 0.545. The molecule has 2 atom stereocenters. The van der Waals surface area contributed by atoms with Crippen molar-refractivity contribution in [3.8, 4) is 0 Å². The number of benzene rings is 2. The molecule has 5 nitrogen and oxygen atoms in total. The number of nitrogens with zero attached hydrogens (tertiary/aromatic N) is 1. The number of anilines is 1. The number of rotatable bonds is 7. The molecule has 3 aromatic rings. The van der Waals surface area contributed by atoms with Crippen LogP contribution in [0.15, 0.2) is 60.9 Å². The number of hydrogen-bond acceptors (Lipinski definition) is 4. The first kappa shape index (κ1) is 20.2. The second-order valence-electron chi connectivity index (χ2n) is 8.94. The fraction of sp³-hybridized carbons (Fsp3) is 0.385. The minimum absolute atomic E-state index is 0.0667. The van der Waals surface area contributed by atoms with E-state index >= 15 is 0 Å². The number of carbonyl (C=O) groups excluding carboxylic acids is 1. The Morgan fingerprint density at radius 2 is 1.87 bits per heavy atom. The number of pyridine rings is 1. The van der Waals surface area contributed by atoms with E-state index in [4.69, 9.17) is 0 Å². The Balaban J connectivity index is 1.11. The normalized spacial score (nSPS) is 21.2. The molecule has 1 aliphatic carbocycles. The zero-order valence-electron chi connectivity index (χ0n) is 17.8. The Morgan fingerprint density at radius 1 is 1.03 bits per heavy atom. The van der Waals surface area contributed by atoms with Crippen LogP contribution in [0.1, 0.15) is 36.3 Å². The molecule has 1 saturated carbocycles. The summed E-state index contributed by atoms with van der Waals surface area (Å²) in [5.74, 6) is 1.31. The summed E-state index contributed by atoms with van der Waals surface area (Å²) in [7, 11) is 0. The molecule has 160 valence electrons. The molecule has 0 radical (unpaired) electrons. The van der Waals surface area contributed by atoms with Crippen LogP contribution in [-0.4, -0.2) is 30.5 Å². The van der Waals surface area contributed by atoms with Gasteiger partial charge in [0.15, 0.2) is 0 Å². The molecular weight excluding hydrogens is 384 g/mol. The summed E-state index contributed by atoms with van der Waals surface area (Å²) in [5.41, 5.74) is 3.43. The highest BCUT2D eigenvalue weighted by atomic mass is 16.2. The number of fused-ring (bicyclic) bond motifs is 1. The molecule has 1 aromatic heterocycles. The molecular formula is C26H30N4O. The van der Waals surface area contributed by atoms with E-state index in [9.17, 15) is 4.79 Å². The molecule has 0 spiro atoms. The van der Waals surface area contributed by atoms with E-state index < -0.39 is 0 Å². The van der Waals surface area contributed by atoms with Crippen molar-refractivity contribution in [3.05, 3.63) is 72.1 Å². The molecule has 2 aromatic carbocycles. The molecule has 2 unspecified atom stereocenters. The lowest BCUT2D eigenvalue weighted by Gasteiger charge is -2.22. The van der Waals surface area contributed by atoms with Crippen molar-refractivity contribution in [1.29, 1.82) is 0 Å². The van der Waals surface area contributed by atoms with Crippen LogP contribution in [0.5, 0.6) is 0 Å². The Labute approximate surface area is 183 Å². The van der Waals surface area contributed by atoms with Crippen molar-refractivity contribution in [2.75, 3.05) is 25.0 Å². The molecule has 2 heterocycles. The number of carbonyl (C=O) groups is 1. The van der Waals surface area contributed by atoms with Crippen LogP contribution in [0.4, 0.5) is 5.69 Å². The molecule has 31 heavy (non-hydrogen) atoms. The van der Waals surface area contributed by atoms with Crippen LogP contribution in [0, 0.1) is 11.8 Å². The van der Waals surface area contributed by atoms with Crippen molar-refractivity contribution >= 4 is 22.4 Å². The van der Waals surface area contributed by atoms with Gasteiger partial charge in [0.1, 0.15) is 0 Å². The maximum atomic E-state index is 12.7. The predicted octanol–water partition coefficient (Wildman–Crippen LogP) is 4.07. The minimum atomic E-state index is 0.0667. The lowest BCUT2D eigenvalue weighted by molar-refractivity contribution is -0.117. The Bertz CT molecular complexity index is 1040. The number of piperidine rings is 1. The van der Waals surface area contributed by atoms with Gasteiger partial charge in [-0.1, -0.05) is 30.3 Å². The van der Waals surface area contributed by atoms with E-state index in [-0.39, 0.29) is 11.8 Å². The molecule has 3 N–H and O–H groups in total. The van der Waals surface area contributed by atoms with Crippen LogP contribution in [0.25, 0.3) is 10.8 Å². The first-order valence-electron chi connectivity index (χ1n) is 11.4. The summed E-state index contributed by atoms with van der Waals surface area (Å²) in [5, 5.41) is 12.3. The number of aromatic nitrogens is 1. The summed E-state index contributed by atoms with van der Waals surface area (Å²) in [6, 6.07) is 16.7. The second-order valence-corrected chi connectivity index (χ2v) is 8.94. The van der Waals surface area contributed by atoms with E-state index in [0.717, 1.165) is 55.0 Å². The Morgan fingerprint density at radius 3 is 2.71 bits per heavy atom. The highest BCUT2D eigenvalue weighted by Gasteiger charge is 2.43. The monoisotopic (exact) mass is 414 g/mol. The van der Waals surface area contributed by atoms with Crippen molar-refractivity contribution < 1.29 is 4.79 Å². The van der Waals surface area contributed by atoms with Gasteiger partial charge in [-0.3, -0.25) is 9.78 Å². The average molecular weight is 415 g/mol. The van der Waals surface area contributed by atoms with Crippen LogP contribution in [0.3, 0.4) is 0 Å². The Hall–Kier alpha value is -2.76. The predicted molar refractivity (Wildman–Crippen MR) is 125 cm³/mol. The van der Waals surface area contributed by atoms with Gasteiger partial charge in [-0.15, -0.1) is 0 Å². The van der Waals surface area contributed by atoms with Gasteiger partial charge < -0.3 is 16.0 Å². The molecule has 1 saturated heterocycles. The summed E-state index contributed by atoms with van der Waals surface area (Å²) in [4.78, 5) is 16.9. The zero-order chi connectivity index (χ0) is 21.0. The minimum Gasteiger partial charge on any atom is -0.326 e. The van der Waals surface area contributed by atoms with E-state index in [2.05, 4.69) is 45.2 Å². The molecule has 1 aliphatic heterocycles. The smallest absolute Gasteiger partial charge is 0.228 e. The number of nitrogens with one attached hydrogen (secondary N) is 3. The van der Waals surface area contributed by atoms with Crippen LogP contribution < -0.4 is 16.0 Å². The van der Waals surface area contributed by atoms with Gasteiger partial charge in [-0.2, -0.15) is 0 Å². The van der Waals surface area contributed by atoms with Crippen molar-refractivity contribution in [3.63, 3.8) is 0 Å². The third-order valence-corrected chi connectivity index (χ3v) is 6.66. The SMILES string of the molecule is O=C(Nc1ccc2cnccc2c1)C1CC1c1ccc(CNCC2CCNCC2)cc1. The van der Waals surface area contributed by atoms with Gasteiger partial charge in [-0.25, -0.2) is 0 Å². The Kier molecular flexibility index (Phi) is 5.96. The molecule has 2 aliphatic rings. The first-order valence-corrected chi connectivity index (χ1v) is 11.4. The van der Waals surface area contributed by atoms with E-state index in [1.54, 1.807) is 6.20 Å². The van der Waals surface area contributed by atoms with Gasteiger partial charge in [-0.05, 0) is 85.4 Å². The van der Waals surface area contributed by atoms with Crippen LogP contribution >= 0.6 is 0 Å². The van der Waals surface area contributed by atoms with Crippen LogP contribution in [-0.2, 0) is 11.3 Å². The van der Waals surface area contributed by atoms with Gasteiger partial charge in [0, 0.05) is 35.9 Å². The summed E-state index contributed by atoms with van der Waals surface area (Å²) in [6.45, 7) is 4.31. The summed E-state index contributed by atoms with van der Waals surface area (Å²) >= 11 is 0. The van der Waals surface area contributed by atoms with Crippen LogP contribution in [0.2, 0.25) is 0 Å². The lowest BCUT2D eigenvalue weighted by atomic mass is 9.98. The highest BCUT2D eigenvalue weighted by Crippen LogP contribution is 2.48. The molecule has 0 bridgehead atoms. The molecule has 5 heteroatoms. The average Bonchev–Trinajstić information content (AvgIpc) is 3.61. The maximum Gasteiger partial charge on any atom is 0.228 e.